The Morgan fingerprint density at radius 1 is 0.921 bits per heavy atom. The third kappa shape index (κ3) is 6.44. The summed E-state index contributed by atoms with van der Waals surface area (Å²) in [6, 6.07) is 21.0. The fraction of sp³-hybridized carbons (Fsp3) is 0.286. The van der Waals surface area contributed by atoms with Crippen molar-refractivity contribution in [3.05, 3.63) is 84.4 Å². The summed E-state index contributed by atoms with van der Waals surface area (Å²) in [4.78, 5) is 28.1. The SMILES string of the molecule is CCC(C(=O)NC)N(Cc1ccccc1)C(=O)CN(c1cc(OC)ccc1OC)S(=O)(=O)c1ccccc1. The van der Waals surface area contributed by atoms with Gasteiger partial charge >= 0.3 is 0 Å². The van der Waals surface area contributed by atoms with Gasteiger partial charge in [-0.25, -0.2) is 8.42 Å². The number of hydrogen-bond donors (Lipinski definition) is 1. The minimum Gasteiger partial charge on any atom is -0.497 e. The van der Waals surface area contributed by atoms with E-state index in [1.165, 1.54) is 44.4 Å². The van der Waals surface area contributed by atoms with Crippen molar-refractivity contribution in [1.29, 1.82) is 0 Å². The number of anilines is 1. The molecule has 0 radical (unpaired) electrons. The maximum absolute atomic E-state index is 14.0. The number of rotatable bonds is 12. The highest BCUT2D eigenvalue weighted by molar-refractivity contribution is 7.92. The van der Waals surface area contributed by atoms with Crippen LogP contribution in [0.5, 0.6) is 11.5 Å². The van der Waals surface area contributed by atoms with Crippen LogP contribution in [0.2, 0.25) is 0 Å². The number of sulfonamides is 1. The van der Waals surface area contributed by atoms with Crippen molar-refractivity contribution in [1.82, 2.24) is 10.2 Å². The number of methoxy groups -OCH3 is 2. The number of ether oxygens (including phenoxy) is 2. The zero-order chi connectivity index (χ0) is 27.7. The van der Waals surface area contributed by atoms with Crippen molar-refractivity contribution in [2.45, 2.75) is 30.8 Å². The Morgan fingerprint density at radius 2 is 1.55 bits per heavy atom. The van der Waals surface area contributed by atoms with Gasteiger partial charge in [-0.2, -0.15) is 0 Å². The van der Waals surface area contributed by atoms with Gasteiger partial charge < -0.3 is 19.7 Å². The lowest BCUT2D eigenvalue weighted by Gasteiger charge is -2.33. The Morgan fingerprint density at radius 3 is 2.11 bits per heavy atom. The summed E-state index contributed by atoms with van der Waals surface area (Å²) >= 11 is 0. The minimum atomic E-state index is -4.22. The van der Waals surface area contributed by atoms with Gasteiger partial charge in [0.1, 0.15) is 24.1 Å². The van der Waals surface area contributed by atoms with Crippen LogP contribution in [-0.2, 0) is 26.2 Å². The standard InChI is InChI=1S/C28H33N3O6S/c1-5-24(28(33)29-2)30(19-21-12-8-6-9-13-21)27(32)20-31(38(34,35)23-14-10-7-11-15-23)25-18-22(36-3)16-17-26(25)37-4/h6-18,24H,5,19-20H2,1-4H3,(H,29,33). The zero-order valence-electron chi connectivity index (χ0n) is 22.0. The Bertz CT molecular complexity index is 1330. The van der Waals surface area contributed by atoms with Gasteiger partial charge in [0.25, 0.3) is 10.0 Å². The van der Waals surface area contributed by atoms with E-state index in [-0.39, 0.29) is 28.8 Å². The smallest absolute Gasteiger partial charge is 0.264 e. The minimum absolute atomic E-state index is 0.00521. The summed E-state index contributed by atoms with van der Waals surface area (Å²) < 4.78 is 39.7. The van der Waals surface area contributed by atoms with Crippen molar-refractivity contribution in [3.8, 4) is 11.5 Å². The number of benzene rings is 3. The molecule has 1 N–H and O–H groups in total. The molecule has 38 heavy (non-hydrogen) atoms. The van der Waals surface area contributed by atoms with Crippen LogP contribution in [-0.4, -0.2) is 59.0 Å². The Hall–Kier alpha value is -4.05. The molecule has 0 aliphatic carbocycles. The van der Waals surface area contributed by atoms with Crippen molar-refractivity contribution in [2.24, 2.45) is 0 Å². The first kappa shape index (κ1) is 28.5. The third-order valence-corrected chi connectivity index (χ3v) is 7.87. The number of hydrogen-bond acceptors (Lipinski definition) is 6. The Labute approximate surface area is 224 Å². The molecule has 0 aliphatic heterocycles. The number of carbonyl (C=O) groups is 2. The molecule has 3 aromatic rings. The highest BCUT2D eigenvalue weighted by Crippen LogP contribution is 2.36. The average Bonchev–Trinajstić information content (AvgIpc) is 2.96. The van der Waals surface area contributed by atoms with Crippen LogP contribution in [0.4, 0.5) is 5.69 Å². The first-order chi connectivity index (χ1) is 18.3. The third-order valence-electron chi connectivity index (χ3n) is 6.09. The number of likely N-dealkylation sites (N-methyl/N-ethyl adjacent to an activating group) is 1. The van der Waals surface area contributed by atoms with Gasteiger partial charge in [-0.05, 0) is 36.2 Å². The molecule has 202 valence electrons. The maximum atomic E-state index is 14.0. The monoisotopic (exact) mass is 539 g/mol. The molecule has 0 spiro atoms. The van der Waals surface area contributed by atoms with Gasteiger partial charge in [0.05, 0.1) is 24.8 Å². The zero-order valence-corrected chi connectivity index (χ0v) is 22.8. The normalized spacial score (nSPS) is 11.8. The van der Waals surface area contributed by atoms with Gasteiger partial charge in [0, 0.05) is 19.7 Å². The van der Waals surface area contributed by atoms with Crippen molar-refractivity contribution < 1.29 is 27.5 Å². The summed E-state index contributed by atoms with van der Waals surface area (Å²) in [6.07, 6.45) is 0.339. The lowest BCUT2D eigenvalue weighted by Crippen LogP contribution is -2.51. The summed E-state index contributed by atoms with van der Waals surface area (Å²) in [5, 5.41) is 2.61. The van der Waals surface area contributed by atoms with Gasteiger partial charge in [-0.15, -0.1) is 0 Å². The lowest BCUT2D eigenvalue weighted by atomic mass is 10.1. The molecular weight excluding hydrogens is 506 g/mol. The average molecular weight is 540 g/mol. The molecule has 3 aromatic carbocycles. The number of nitrogens with zero attached hydrogens (tertiary/aromatic N) is 2. The van der Waals surface area contributed by atoms with Crippen molar-refractivity contribution in [2.75, 3.05) is 32.1 Å². The lowest BCUT2D eigenvalue weighted by molar-refractivity contribution is -0.140. The van der Waals surface area contributed by atoms with E-state index in [0.717, 1.165) is 9.87 Å². The molecule has 0 saturated heterocycles. The second-order valence-electron chi connectivity index (χ2n) is 8.41. The van der Waals surface area contributed by atoms with Gasteiger partial charge in [0.15, 0.2) is 0 Å². The van der Waals surface area contributed by atoms with Crippen LogP contribution in [0.3, 0.4) is 0 Å². The molecule has 0 saturated carbocycles. The topological polar surface area (TPSA) is 105 Å². The second kappa shape index (κ2) is 13.0. The van der Waals surface area contributed by atoms with E-state index in [2.05, 4.69) is 5.32 Å². The molecule has 0 aromatic heterocycles. The van der Waals surface area contributed by atoms with Gasteiger partial charge in [0.2, 0.25) is 11.8 Å². The first-order valence-corrected chi connectivity index (χ1v) is 13.6. The Balaban J connectivity index is 2.13. The maximum Gasteiger partial charge on any atom is 0.264 e. The molecule has 1 unspecified atom stereocenters. The molecule has 9 nitrogen and oxygen atoms in total. The highest BCUT2D eigenvalue weighted by atomic mass is 32.2. The van der Waals surface area contributed by atoms with E-state index in [0.29, 0.717) is 12.2 Å². The second-order valence-corrected chi connectivity index (χ2v) is 10.3. The summed E-state index contributed by atoms with van der Waals surface area (Å²) in [6.45, 7) is 1.36. The van der Waals surface area contributed by atoms with Crippen LogP contribution in [0.1, 0.15) is 18.9 Å². The highest BCUT2D eigenvalue weighted by Gasteiger charge is 2.34. The number of nitrogens with one attached hydrogen (secondary N) is 1. The Kier molecular flexibility index (Phi) is 9.72. The van der Waals surface area contributed by atoms with E-state index >= 15 is 0 Å². The van der Waals surface area contributed by atoms with E-state index in [1.54, 1.807) is 37.3 Å². The van der Waals surface area contributed by atoms with E-state index in [1.807, 2.05) is 30.3 Å². The van der Waals surface area contributed by atoms with Crippen LogP contribution >= 0.6 is 0 Å². The van der Waals surface area contributed by atoms with Gasteiger partial charge in [-0.3, -0.25) is 13.9 Å². The molecular formula is C28H33N3O6S. The molecule has 3 rings (SSSR count). The molecule has 0 bridgehead atoms. The van der Waals surface area contributed by atoms with Crippen LogP contribution in [0, 0.1) is 0 Å². The summed E-state index contributed by atoms with van der Waals surface area (Å²) in [5.41, 5.74) is 0.941. The van der Waals surface area contributed by atoms with Crippen LogP contribution in [0.25, 0.3) is 0 Å². The predicted octanol–water partition coefficient (Wildman–Crippen LogP) is 3.45. The molecule has 1 atom stereocenters. The molecule has 0 aliphatic rings. The first-order valence-electron chi connectivity index (χ1n) is 12.1. The predicted molar refractivity (Wildman–Crippen MR) is 146 cm³/mol. The largest absolute Gasteiger partial charge is 0.497 e. The van der Waals surface area contributed by atoms with Crippen molar-refractivity contribution in [3.63, 3.8) is 0 Å². The number of carbonyl (C=O) groups excluding carboxylic acids is 2. The van der Waals surface area contributed by atoms with E-state index in [9.17, 15) is 18.0 Å². The molecule has 0 heterocycles. The van der Waals surface area contributed by atoms with Crippen molar-refractivity contribution >= 4 is 27.5 Å². The molecule has 2 amide bonds. The van der Waals surface area contributed by atoms with Crippen LogP contribution in [0.15, 0.2) is 83.8 Å². The summed E-state index contributed by atoms with van der Waals surface area (Å²) in [7, 11) is 0.161. The summed E-state index contributed by atoms with van der Waals surface area (Å²) in [5.74, 6) is -0.257. The van der Waals surface area contributed by atoms with E-state index in [4.69, 9.17) is 9.47 Å². The quantitative estimate of drug-likeness (QED) is 0.378. The molecule has 0 fully saturated rings. The fourth-order valence-electron chi connectivity index (χ4n) is 4.09. The molecule has 10 heteroatoms. The number of amides is 2. The fourth-order valence-corrected chi connectivity index (χ4v) is 5.53. The van der Waals surface area contributed by atoms with Crippen LogP contribution < -0.4 is 19.1 Å². The van der Waals surface area contributed by atoms with E-state index < -0.39 is 28.5 Å². The van der Waals surface area contributed by atoms with Gasteiger partial charge in [-0.1, -0.05) is 55.5 Å².